The van der Waals surface area contributed by atoms with E-state index in [0.29, 0.717) is 17.2 Å². The number of rotatable bonds is 9. The molecule has 2 aromatic carbocycles. The molecule has 166 valence electrons. The quantitative estimate of drug-likeness (QED) is 0.505. The van der Waals surface area contributed by atoms with Crippen molar-refractivity contribution in [3.63, 3.8) is 0 Å². The zero-order valence-corrected chi connectivity index (χ0v) is 19.2. The number of carbonyl (C=O) groups is 2. The fourth-order valence-corrected chi connectivity index (χ4v) is 4.66. The van der Waals surface area contributed by atoms with Crippen molar-refractivity contribution in [2.75, 3.05) is 5.75 Å². The molecule has 4 nitrogen and oxygen atoms in total. The van der Waals surface area contributed by atoms with E-state index in [4.69, 9.17) is 11.6 Å². The van der Waals surface area contributed by atoms with Gasteiger partial charge in [-0.2, -0.15) is 0 Å². The summed E-state index contributed by atoms with van der Waals surface area (Å²) in [5, 5.41) is 3.76. The van der Waals surface area contributed by atoms with Gasteiger partial charge in [0.2, 0.25) is 11.8 Å². The molecule has 0 heterocycles. The van der Waals surface area contributed by atoms with Crippen molar-refractivity contribution in [2.24, 2.45) is 0 Å². The second-order valence-electron chi connectivity index (χ2n) is 7.87. The first-order valence-electron chi connectivity index (χ1n) is 10.6. The maximum Gasteiger partial charge on any atom is 0.242 e. The van der Waals surface area contributed by atoms with Crippen LogP contribution in [0.1, 0.15) is 44.6 Å². The molecule has 0 aliphatic heterocycles. The molecule has 1 aliphatic rings. The van der Waals surface area contributed by atoms with Crippen LogP contribution in [0.15, 0.2) is 53.4 Å². The summed E-state index contributed by atoms with van der Waals surface area (Å²) in [6, 6.07) is 13.1. The summed E-state index contributed by atoms with van der Waals surface area (Å²) in [5.41, 5.74) is 0.792. The van der Waals surface area contributed by atoms with Gasteiger partial charge in [0.05, 0.1) is 0 Å². The number of benzene rings is 2. The van der Waals surface area contributed by atoms with Gasteiger partial charge in [-0.3, -0.25) is 9.59 Å². The highest BCUT2D eigenvalue weighted by Gasteiger charge is 2.28. The minimum atomic E-state index is -0.598. The fraction of sp³-hybridized carbons (Fsp3) is 0.417. The van der Waals surface area contributed by atoms with Crippen LogP contribution in [-0.2, 0) is 16.1 Å². The number of carbonyl (C=O) groups excluding carboxylic acids is 2. The van der Waals surface area contributed by atoms with Gasteiger partial charge >= 0.3 is 0 Å². The average molecular weight is 463 g/mol. The van der Waals surface area contributed by atoms with Gasteiger partial charge in [-0.25, -0.2) is 4.39 Å². The monoisotopic (exact) mass is 462 g/mol. The molecule has 0 radical (unpaired) electrons. The zero-order chi connectivity index (χ0) is 22.2. The zero-order valence-electron chi connectivity index (χ0n) is 17.7. The molecule has 0 aromatic heterocycles. The molecule has 31 heavy (non-hydrogen) atoms. The Morgan fingerprint density at radius 1 is 1.13 bits per heavy atom. The number of thioether (sulfide) groups is 1. The van der Waals surface area contributed by atoms with Gasteiger partial charge in [0, 0.05) is 34.7 Å². The molecular weight excluding hydrogens is 435 g/mol. The van der Waals surface area contributed by atoms with Crippen molar-refractivity contribution in [2.45, 2.75) is 62.6 Å². The van der Waals surface area contributed by atoms with E-state index >= 15 is 0 Å². The molecule has 1 fully saturated rings. The number of hydrogen-bond acceptors (Lipinski definition) is 3. The van der Waals surface area contributed by atoms with Crippen molar-refractivity contribution in [1.82, 2.24) is 10.2 Å². The summed E-state index contributed by atoms with van der Waals surface area (Å²) in [4.78, 5) is 28.5. The summed E-state index contributed by atoms with van der Waals surface area (Å²) < 4.78 is 13.3. The van der Waals surface area contributed by atoms with E-state index in [1.54, 1.807) is 35.7 Å². The lowest BCUT2D eigenvalue weighted by Crippen LogP contribution is -2.49. The van der Waals surface area contributed by atoms with Crippen LogP contribution in [0.25, 0.3) is 0 Å². The standard InChI is InChI=1S/C24H28ClFN2O2S/c1-17(24(30)27-21-4-2-3-5-21)28(16-18-6-10-20(26)11-7-18)23(29)14-15-31-22-12-8-19(25)9-13-22/h6-13,17,21H,2-5,14-16H2,1H3,(H,27,30)/t17-/m1/s1. The molecule has 1 atom stereocenters. The molecule has 1 saturated carbocycles. The average Bonchev–Trinajstić information content (AvgIpc) is 3.27. The maximum atomic E-state index is 13.3. The molecule has 2 amide bonds. The van der Waals surface area contributed by atoms with Gasteiger partial charge in [-0.05, 0) is 61.7 Å². The number of halogens is 2. The molecule has 0 bridgehead atoms. The van der Waals surface area contributed by atoms with Crippen LogP contribution in [0, 0.1) is 5.82 Å². The predicted octanol–water partition coefficient (Wildman–Crippen LogP) is 5.44. The summed E-state index contributed by atoms with van der Waals surface area (Å²) in [6.45, 7) is 2.03. The Morgan fingerprint density at radius 2 is 1.77 bits per heavy atom. The van der Waals surface area contributed by atoms with E-state index in [1.807, 2.05) is 24.3 Å². The van der Waals surface area contributed by atoms with Crippen molar-refractivity contribution < 1.29 is 14.0 Å². The normalized spacial score (nSPS) is 14.9. The van der Waals surface area contributed by atoms with Crippen LogP contribution in [-0.4, -0.2) is 34.6 Å². The number of nitrogens with one attached hydrogen (secondary N) is 1. The van der Waals surface area contributed by atoms with Crippen molar-refractivity contribution >= 4 is 35.2 Å². The number of amides is 2. The maximum absolute atomic E-state index is 13.3. The highest BCUT2D eigenvalue weighted by Crippen LogP contribution is 2.22. The minimum Gasteiger partial charge on any atom is -0.352 e. The molecular formula is C24H28ClFN2O2S. The van der Waals surface area contributed by atoms with E-state index < -0.39 is 6.04 Å². The van der Waals surface area contributed by atoms with Crippen LogP contribution in [0.2, 0.25) is 5.02 Å². The Labute approximate surface area is 192 Å². The highest BCUT2D eigenvalue weighted by atomic mass is 35.5. The van der Waals surface area contributed by atoms with Crippen LogP contribution < -0.4 is 5.32 Å². The molecule has 2 aromatic rings. The van der Waals surface area contributed by atoms with Crippen LogP contribution in [0.3, 0.4) is 0 Å². The predicted molar refractivity (Wildman–Crippen MR) is 124 cm³/mol. The summed E-state index contributed by atoms with van der Waals surface area (Å²) >= 11 is 7.49. The highest BCUT2D eigenvalue weighted by molar-refractivity contribution is 7.99. The van der Waals surface area contributed by atoms with Crippen molar-refractivity contribution in [3.05, 3.63) is 64.9 Å². The molecule has 0 spiro atoms. The molecule has 0 saturated heterocycles. The Morgan fingerprint density at radius 3 is 2.42 bits per heavy atom. The lowest BCUT2D eigenvalue weighted by molar-refractivity contribution is -0.140. The molecule has 7 heteroatoms. The van der Waals surface area contributed by atoms with Crippen molar-refractivity contribution in [3.8, 4) is 0 Å². The molecule has 0 unspecified atom stereocenters. The van der Waals surface area contributed by atoms with Gasteiger partial charge in [0.1, 0.15) is 11.9 Å². The van der Waals surface area contributed by atoms with E-state index in [9.17, 15) is 14.0 Å². The van der Waals surface area contributed by atoms with E-state index in [-0.39, 0.29) is 30.2 Å². The van der Waals surface area contributed by atoms with Gasteiger partial charge in [0.15, 0.2) is 0 Å². The third-order valence-electron chi connectivity index (χ3n) is 5.53. The fourth-order valence-electron chi connectivity index (χ4n) is 3.69. The van der Waals surface area contributed by atoms with Crippen LogP contribution in [0.5, 0.6) is 0 Å². The van der Waals surface area contributed by atoms with E-state index in [2.05, 4.69) is 5.32 Å². The summed E-state index contributed by atoms with van der Waals surface area (Å²) in [7, 11) is 0. The first kappa shape index (κ1) is 23.6. The topological polar surface area (TPSA) is 49.4 Å². The Bertz CT molecular complexity index is 870. The van der Waals surface area contributed by atoms with Gasteiger partial charge in [0.25, 0.3) is 0 Å². The smallest absolute Gasteiger partial charge is 0.242 e. The largest absolute Gasteiger partial charge is 0.352 e. The van der Waals surface area contributed by atoms with Gasteiger partial charge in [-0.1, -0.05) is 36.6 Å². The first-order valence-corrected chi connectivity index (χ1v) is 12.0. The summed E-state index contributed by atoms with van der Waals surface area (Å²) in [5.74, 6) is 0.0396. The second kappa shape index (κ2) is 11.5. The lowest BCUT2D eigenvalue weighted by atomic mass is 10.1. The SMILES string of the molecule is C[C@H](C(=O)NC1CCCC1)N(Cc1ccc(F)cc1)C(=O)CCSc1ccc(Cl)cc1. The molecule has 1 N–H and O–H groups in total. The first-order chi connectivity index (χ1) is 14.9. The number of hydrogen-bond donors (Lipinski definition) is 1. The van der Waals surface area contributed by atoms with E-state index in [0.717, 1.165) is 36.1 Å². The van der Waals surface area contributed by atoms with Crippen LogP contribution in [0.4, 0.5) is 4.39 Å². The van der Waals surface area contributed by atoms with Gasteiger partial charge in [-0.15, -0.1) is 11.8 Å². The minimum absolute atomic E-state index is 0.0974. The van der Waals surface area contributed by atoms with Crippen LogP contribution >= 0.6 is 23.4 Å². The second-order valence-corrected chi connectivity index (χ2v) is 9.47. The van der Waals surface area contributed by atoms with Crippen molar-refractivity contribution in [1.29, 1.82) is 0 Å². The Kier molecular flexibility index (Phi) is 8.79. The third-order valence-corrected chi connectivity index (χ3v) is 6.80. The Hall–Kier alpha value is -2.05. The molecule has 3 rings (SSSR count). The molecule has 1 aliphatic carbocycles. The van der Waals surface area contributed by atoms with E-state index in [1.165, 1.54) is 12.1 Å². The lowest BCUT2D eigenvalue weighted by Gasteiger charge is -2.30. The third kappa shape index (κ3) is 7.25. The van der Waals surface area contributed by atoms with Gasteiger partial charge < -0.3 is 10.2 Å². The Balaban J connectivity index is 1.64. The summed E-state index contributed by atoms with van der Waals surface area (Å²) in [6.07, 6.45) is 4.53. The number of nitrogens with zero attached hydrogens (tertiary/aromatic N) is 1.